The highest BCUT2D eigenvalue weighted by Gasteiger charge is 2.44. The molecule has 5 rings (SSSR count). The average molecular weight is 520 g/mol. The second-order valence-electron chi connectivity index (χ2n) is 9.96. The van der Waals surface area contributed by atoms with Gasteiger partial charge in [-0.3, -0.25) is 34.2 Å². The maximum atomic E-state index is 13.1. The van der Waals surface area contributed by atoms with Crippen LogP contribution in [-0.4, -0.2) is 65.3 Å². The molecular formula is C28H29N3O7. The minimum Gasteiger partial charge on any atom is -0.494 e. The number of nitrogens with zero attached hydrogens (tertiary/aromatic N) is 2. The molecule has 1 atom stereocenters. The minimum atomic E-state index is -0.971. The summed E-state index contributed by atoms with van der Waals surface area (Å²) in [6.45, 7) is 2.15. The highest BCUT2D eigenvalue weighted by Crippen LogP contribution is 2.32. The molecule has 2 fully saturated rings. The van der Waals surface area contributed by atoms with Crippen LogP contribution < -0.4 is 15.0 Å². The van der Waals surface area contributed by atoms with E-state index in [1.54, 1.807) is 30.3 Å². The zero-order valence-electron chi connectivity index (χ0n) is 20.9. The van der Waals surface area contributed by atoms with Gasteiger partial charge in [-0.05, 0) is 67.5 Å². The van der Waals surface area contributed by atoms with Crippen molar-refractivity contribution in [1.82, 2.24) is 10.2 Å². The zero-order valence-corrected chi connectivity index (χ0v) is 20.9. The third-order valence-corrected chi connectivity index (χ3v) is 7.45. The van der Waals surface area contributed by atoms with Crippen LogP contribution in [0.15, 0.2) is 42.5 Å². The molecule has 38 heavy (non-hydrogen) atoms. The fourth-order valence-corrected chi connectivity index (χ4v) is 5.40. The van der Waals surface area contributed by atoms with Gasteiger partial charge >= 0.3 is 5.97 Å². The summed E-state index contributed by atoms with van der Waals surface area (Å²) in [7, 11) is 0. The Morgan fingerprint density at radius 2 is 1.74 bits per heavy atom. The van der Waals surface area contributed by atoms with Crippen LogP contribution in [0.4, 0.5) is 5.69 Å². The summed E-state index contributed by atoms with van der Waals surface area (Å²) in [5.41, 5.74) is 2.14. The Labute approximate surface area is 219 Å². The fourth-order valence-electron chi connectivity index (χ4n) is 5.40. The highest BCUT2D eigenvalue weighted by molar-refractivity contribution is 6.23. The monoisotopic (exact) mass is 519 g/mol. The normalized spacial score (nSPS) is 19.9. The summed E-state index contributed by atoms with van der Waals surface area (Å²) in [5, 5.41) is 11.2. The van der Waals surface area contributed by atoms with E-state index in [-0.39, 0.29) is 30.4 Å². The molecule has 0 radical (unpaired) electrons. The molecule has 2 aromatic rings. The van der Waals surface area contributed by atoms with E-state index in [2.05, 4.69) is 10.2 Å². The van der Waals surface area contributed by atoms with Gasteiger partial charge in [-0.2, -0.15) is 0 Å². The van der Waals surface area contributed by atoms with Crippen molar-refractivity contribution in [2.45, 2.75) is 44.6 Å². The standard InChI is InChI=1S/C28H29N3O7/c32-24-7-6-23(26(35)29-24)31-27(36)21-5-4-19(16-22(21)28(31)37)30-11-8-17(9-12-30)10-13-38-20-3-1-2-18(14-20)15-25(33)34/h1-5,14,16-17,23H,6-13,15H2,(H,33,34)(H,29,32,35). The molecule has 3 aliphatic heterocycles. The lowest BCUT2D eigenvalue weighted by Crippen LogP contribution is -2.54. The van der Waals surface area contributed by atoms with Gasteiger partial charge in [0, 0.05) is 25.2 Å². The molecule has 10 nitrogen and oxygen atoms in total. The Bertz CT molecular complexity index is 1300. The van der Waals surface area contributed by atoms with E-state index in [4.69, 9.17) is 9.84 Å². The van der Waals surface area contributed by atoms with Crippen molar-refractivity contribution >= 4 is 35.3 Å². The Kier molecular flexibility index (Phi) is 7.13. The maximum Gasteiger partial charge on any atom is 0.307 e. The largest absolute Gasteiger partial charge is 0.494 e. The SMILES string of the molecule is O=C(O)Cc1cccc(OCCC2CCN(c3ccc4c(c3)C(=O)N(C3CCC(=O)NC3=O)C4=O)CC2)c1. The van der Waals surface area contributed by atoms with Crippen LogP contribution in [0.5, 0.6) is 5.75 Å². The van der Waals surface area contributed by atoms with Crippen molar-refractivity contribution in [2.75, 3.05) is 24.6 Å². The predicted octanol–water partition coefficient (Wildman–Crippen LogP) is 2.40. The second kappa shape index (κ2) is 10.6. The molecule has 1 unspecified atom stereocenters. The molecule has 2 saturated heterocycles. The number of piperidine rings is 2. The number of carboxylic acid groups (broad SMARTS) is 1. The number of fused-ring (bicyclic) bond motifs is 1. The van der Waals surface area contributed by atoms with Crippen LogP contribution in [0.2, 0.25) is 0 Å². The summed E-state index contributed by atoms with van der Waals surface area (Å²) in [6.07, 6.45) is 2.98. The number of carbonyl (C=O) groups is 5. The molecule has 2 N–H and O–H groups in total. The molecule has 0 spiro atoms. The number of anilines is 1. The Morgan fingerprint density at radius 1 is 0.974 bits per heavy atom. The number of nitrogens with one attached hydrogen (secondary N) is 1. The molecule has 3 heterocycles. The topological polar surface area (TPSA) is 133 Å². The van der Waals surface area contributed by atoms with Crippen LogP contribution in [-0.2, 0) is 20.8 Å². The smallest absolute Gasteiger partial charge is 0.307 e. The van der Waals surface area contributed by atoms with E-state index < -0.39 is 35.6 Å². The third-order valence-electron chi connectivity index (χ3n) is 7.45. The van der Waals surface area contributed by atoms with Crippen molar-refractivity contribution in [2.24, 2.45) is 5.92 Å². The van der Waals surface area contributed by atoms with Gasteiger partial charge in [0.15, 0.2) is 0 Å². The minimum absolute atomic E-state index is 0.0347. The van der Waals surface area contributed by atoms with Gasteiger partial charge in [-0.25, -0.2) is 0 Å². The molecule has 3 aliphatic rings. The van der Waals surface area contributed by atoms with Crippen molar-refractivity contribution in [3.05, 3.63) is 59.2 Å². The molecule has 4 amide bonds. The summed E-state index contributed by atoms with van der Waals surface area (Å²) in [6, 6.07) is 11.4. The third kappa shape index (κ3) is 5.25. The van der Waals surface area contributed by atoms with E-state index in [0.717, 1.165) is 42.9 Å². The first-order valence-electron chi connectivity index (χ1n) is 12.8. The number of carbonyl (C=O) groups excluding carboxylic acids is 4. The van der Waals surface area contributed by atoms with Gasteiger partial charge in [0.05, 0.1) is 24.2 Å². The number of carboxylic acids is 1. The molecule has 0 aromatic heterocycles. The second-order valence-corrected chi connectivity index (χ2v) is 9.96. The van der Waals surface area contributed by atoms with Crippen LogP contribution in [0, 0.1) is 5.92 Å². The van der Waals surface area contributed by atoms with Crippen molar-refractivity contribution in [3.8, 4) is 5.75 Å². The summed E-state index contributed by atoms with van der Waals surface area (Å²) >= 11 is 0. The Balaban J connectivity index is 1.15. The highest BCUT2D eigenvalue weighted by atomic mass is 16.5. The number of hydrogen-bond donors (Lipinski definition) is 2. The van der Waals surface area contributed by atoms with Crippen LogP contribution >= 0.6 is 0 Å². The number of hydrogen-bond acceptors (Lipinski definition) is 7. The van der Waals surface area contributed by atoms with E-state index in [1.807, 2.05) is 12.1 Å². The fraction of sp³-hybridized carbons (Fsp3) is 0.393. The predicted molar refractivity (Wildman–Crippen MR) is 136 cm³/mol. The first kappa shape index (κ1) is 25.4. The number of amides is 4. The van der Waals surface area contributed by atoms with Gasteiger partial charge < -0.3 is 14.7 Å². The number of aliphatic carboxylic acids is 1. The van der Waals surface area contributed by atoms with Gasteiger partial charge in [0.1, 0.15) is 11.8 Å². The number of rotatable bonds is 8. The molecule has 0 saturated carbocycles. The first-order chi connectivity index (χ1) is 18.3. The van der Waals surface area contributed by atoms with Gasteiger partial charge in [0.2, 0.25) is 11.8 Å². The number of benzene rings is 2. The lowest BCUT2D eigenvalue weighted by atomic mass is 9.93. The summed E-state index contributed by atoms with van der Waals surface area (Å²) < 4.78 is 5.86. The van der Waals surface area contributed by atoms with Gasteiger partial charge in [0.25, 0.3) is 11.8 Å². The van der Waals surface area contributed by atoms with Crippen LogP contribution in [0.1, 0.15) is 58.4 Å². The van der Waals surface area contributed by atoms with Gasteiger partial charge in [-0.15, -0.1) is 0 Å². The van der Waals surface area contributed by atoms with Crippen molar-refractivity contribution in [3.63, 3.8) is 0 Å². The van der Waals surface area contributed by atoms with Crippen LogP contribution in [0.25, 0.3) is 0 Å². The van der Waals surface area contributed by atoms with E-state index in [9.17, 15) is 24.0 Å². The lowest BCUT2D eigenvalue weighted by Gasteiger charge is -2.33. The molecule has 10 heteroatoms. The summed E-state index contributed by atoms with van der Waals surface area (Å²) in [5.74, 6) is -1.74. The number of imide groups is 2. The summed E-state index contributed by atoms with van der Waals surface area (Å²) in [4.78, 5) is 63.9. The molecule has 0 aliphatic carbocycles. The Morgan fingerprint density at radius 3 is 2.47 bits per heavy atom. The zero-order chi connectivity index (χ0) is 26.8. The molecule has 2 aromatic carbocycles. The maximum absolute atomic E-state index is 13.1. The van der Waals surface area contributed by atoms with Gasteiger partial charge in [-0.1, -0.05) is 12.1 Å². The molecule has 0 bridgehead atoms. The van der Waals surface area contributed by atoms with Crippen molar-refractivity contribution in [1.29, 1.82) is 0 Å². The lowest BCUT2D eigenvalue weighted by molar-refractivity contribution is -0.137. The van der Waals surface area contributed by atoms with E-state index in [1.165, 1.54) is 0 Å². The van der Waals surface area contributed by atoms with Crippen molar-refractivity contribution < 1.29 is 33.8 Å². The van der Waals surface area contributed by atoms with Crippen LogP contribution in [0.3, 0.4) is 0 Å². The molecule has 198 valence electrons. The Hall–Kier alpha value is -4.21. The quantitative estimate of drug-likeness (QED) is 0.508. The van der Waals surface area contributed by atoms with E-state index in [0.29, 0.717) is 23.8 Å². The number of ether oxygens (including phenoxy) is 1. The first-order valence-corrected chi connectivity index (χ1v) is 12.8. The average Bonchev–Trinajstić information content (AvgIpc) is 3.13. The molecular weight excluding hydrogens is 490 g/mol. The van der Waals surface area contributed by atoms with E-state index >= 15 is 0 Å².